The summed E-state index contributed by atoms with van der Waals surface area (Å²) in [5, 5.41) is 5.84. The van der Waals surface area contributed by atoms with Gasteiger partial charge in [-0.05, 0) is 39.7 Å². The molecule has 2 heterocycles. The van der Waals surface area contributed by atoms with Crippen molar-refractivity contribution in [2.75, 3.05) is 26.3 Å². The molecular weight excluding hydrogens is 354 g/mol. The van der Waals surface area contributed by atoms with Crippen molar-refractivity contribution in [2.24, 2.45) is 0 Å². The number of esters is 2. The van der Waals surface area contributed by atoms with Crippen molar-refractivity contribution >= 4 is 17.8 Å². The number of piperidine rings is 1. The third kappa shape index (κ3) is 6.35. The molecule has 1 saturated heterocycles. The van der Waals surface area contributed by atoms with E-state index >= 15 is 0 Å². The summed E-state index contributed by atoms with van der Waals surface area (Å²) < 4.78 is 15.3. The van der Waals surface area contributed by atoms with Gasteiger partial charge in [-0.25, -0.2) is 9.78 Å². The monoisotopic (exact) mass is 381 g/mol. The van der Waals surface area contributed by atoms with Crippen molar-refractivity contribution in [3.8, 4) is 0 Å². The van der Waals surface area contributed by atoms with Crippen LogP contribution in [0.3, 0.4) is 0 Å². The van der Waals surface area contributed by atoms with Gasteiger partial charge in [0.15, 0.2) is 11.6 Å². The first-order chi connectivity index (χ1) is 13.0. The Morgan fingerprint density at radius 2 is 2.11 bits per heavy atom. The first-order valence-corrected chi connectivity index (χ1v) is 9.34. The molecule has 27 heavy (non-hydrogen) atoms. The molecule has 1 aliphatic rings. The lowest BCUT2D eigenvalue weighted by atomic mass is 10.00. The molecule has 0 aromatic carbocycles. The minimum absolute atomic E-state index is 0.00455. The van der Waals surface area contributed by atoms with Crippen LogP contribution in [-0.2, 0) is 19.1 Å². The maximum Gasteiger partial charge on any atom is 0.328 e. The van der Waals surface area contributed by atoms with Gasteiger partial charge in [0.05, 0.1) is 13.2 Å². The van der Waals surface area contributed by atoms with Gasteiger partial charge >= 0.3 is 11.9 Å². The van der Waals surface area contributed by atoms with E-state index in [4.69, 9.17) is 13.9 Å². The zero-order valence-corrected chi connectivity index (χ0v) is 15.8. The molecule has 0 bridgehead atoms. The number of aromatic nitrogens is 1. The van der Waals surface area contributed by atoms with Crippen molar-refractivity contribution in [1.82, 2.24) is 15.6 Å². The molecule has 150 valence electrons. The van der Waals surface area contributed by atoms with E-state index in [1.807, 2.05) is 0 Å². The lowest BCUT2D eigenvalue weighted by Crippen LogP contribution is -2.42. The average Bonchev–Trinajstić information content (AvgIpc) is 3.16. The number of nitrogens with one attached hydrogen (secondary N) is 2. The quantitative estimate of drug-likeness (QED) is 0.611. The second kappa shape index (κ2) is 10.7. The number of rotatable bonds is 9. The number of ether oxygens (including phenoxy) is 2. The fourth-order valence-electron chi connectivity index (χ4n) is 2.86. The number of carbonyl (C=O) groups excluding carboxylic acids is 3. The summed E-state index contributed by atoms with van der Waals surface area (Å²) in [5.41, 5.74) is 0.0982. The van der Waals surface area contributed by atoms with E-state index in [1.165, 1.54) is 6.26 Å². The number of hydrogen-bond acceptors (Lipinski definition) is 8. The topological polar surface area (TPSA) is 120 Å². The molecule has 0 saturated carbocycles. The maximum absolute atomic E-state index is 12.5. The second-order valence-corrected chi connectivity index (χ2v) is 6.24. The highest BCUT2D eigenvalue weighted by Gasteiger charge is 2.26. The Bertz CT molecular complexity index is 639. The molecule has 1 aromatic heterocycles. The highest BCUT2D eigenvalue weighted by molar-refractivity contribution is 5.95. The molecule has 1 amide bonds. The van der Waals surface area contributed by atoms with Gasteiger partial charge in [0.25, 0.3) is 5.91 Å². The van der Waals surface area contributed by atoms with Gasteiger partial charge in [-0.1, -0.05) is 0 Å². The summed E-state index contributed by atoms with van der Waals surface area (Å²) in [4.78, 5) is 40.3. The summed E-state index contributed by atoms with van der Waals surface area (Å²) in [6, 6.07) is -0.960. The van der Waals surface area contributed by atoms with E-state index in [2.05, 4.69) is 15.6 Å². The third-order valence-corrected chi connectivity index (χ3v) is 4.22. The largest absolute Gasteiger partial charge is 0.466 e. The Hall–Kier alpha value is -2.42. The molecular formula is C18H27N3O6. The van der Waals surface area contributed by atoms with Gasteiger partial charge in [-0.15, -0.1) is 0 Å². The Balaban J connectivity index is 1.98. The van der Waals surface area contributed by atoms with Gasteiger partial charge < -0.3 is 24.5 Å². The van der Waals surface area contributed by atoms with Gasteiger partial charge in [0.1, 0.15) is 12.3 Å². The van der Waals surface area contributed by atoms with Crippen LogP contribution in [0.5, 0.6) is 0 Å². The van der Waals surface area contributed by atoms with Gasteiger partial charge in [-0.2, -0.15) is 0 Å². The molecule has 0 spiro atoms. The summed E-state index contributed by atoms with van der Waals surface area (Å²) in [6.07, 6.45) is 3.33. The van der Waals surface area contributed by atoms with Crippen LogP contribution in [0.25, 0.3) is 0 Å². The number of amides is 1. The molecule has 1 aromatic rings. The average molecular weight is 381 g/mol. The molecule has 0 radical (unpaired) electrons. The summed E-state index contributed by atoms with van der Waals surface area (Å²) in [7, 11) is 0. The van der Waals surface area contributed by atoms with Crippen LogP contribution in [0.4, 0.5) is 0 Å². The zero-order valence-electron chi connectivity index (χ0n) is 15.8. The number of oxazole rings is 1. The first-order valence-electron chi connectivity index (χ1n) is 9.34. The van der Waals surface area contributed by atoms with Crippen LogP contribution in [-0.4, -0.2) is 55.2 Å². The zero-order chi connectivity index (χ0) is 19.6. The minimum atomic E-state index is -0.960. The van der Waals surface area contributed by atoms with Crippen LogP contribution in [0.1, 0.15) is 61.8 Å². The third-order valence-electron chi connectivity index (χ3n) is 4.22. The van der Waals surface area contributed by atoms with E-state index in [0.717, 1.165) is 25.9 Å². The molecule has 1 fully saturated rings. The van der Waals surface area contributed by atoms with Crippen LogP contribution in [0, 0.1) is 0 Å². The number of nitrogens with zero attached hydrogens (tertiary/aromatic N) is 1. The molecule has 1 aliphatic heterocycles. The Labute approximate surface area is 158 Å². The number of hydrogen-bond donors (Lipinski definition) is 2. The van der Waals surface area contributed by atoms with Crippen molar-refractivity contribution in [3.63, 3.8) is 0 Å². The minimum Gasteiger partial charge on any atom is -0.466 e. The van der Waals surface area contributed by atoms with Crippen LogP contribution < -0.4 is 10.6 Å². The van der Waals surface area contributed by atoms with E-state index in [9.17, 15) is 14.4 Å². The fraction of sp³-hybridized carbons (Fsp3) is 0.667. The van der Waals surface area contributed by atoms with Crippen LogP contribution in [0.15, 0.2) is 10.7 Å². The summed E-state index contributed by atoms with van der Waals surface area (Å²) >= 11 is 0. The highest BCUT2D eigenvalue weighted by atomic mass is 16.5. The van der Waals surface area contributed by atoms with Crippen molar-refractivity contribution in [2.45, 2.75) is 51.5 Å². The van der Waals surface area contributed by atoms with E-state index in [-0.39, 0.29) is 37.7 Å². The van der Waals surface area contributed by atoms with E-state index in [1.54, 1.807) is 13.8 Å². The Kier molecular flexibility index (Phi) is 8.25. The molecule has 9 nitrogen and oxygen atoms in total. The molecule has 2 unspecified atom stereocenters. The number of carbonyl (C=O) groups is 3. The molecule has 2 N–H and O–H groups in total. The Morgan fingerprint density at radius 3 is 2.78 bits per heavy atom. The van der Waals surface area contributed by atoms with Crippen molar-refractivity contribution in [1.29, 1.82) is 0 Å². The standard InChI is InChI=1S/C18H27N3O6/c1-3-25-15(22)8-7-13(18(24)26-4-2)20-16(23)14-11-27-17(21-14)12-6-5-9-19-10-12/h11-13,19H,3-10H2,1-2H3,(H,20,23). The SMILES string of the molecule is CCOC(=O)CCC(NC(=O)c1coc(C2CCCNC2)n1)C(=O)OCC. The molecule has 9 heteroatoms. The van der Waals surface area contributed by atoms with Crippen molar-refractivity contribution < 1.29 is 28.3 Å². The summed E-state index contributed by atoms with van der Waals surface area (Å²) in [6.45, 7) is 5.52. The van der Waals surface area contributed by atoms with Crippen LogP contribution in [0.2, 0.25) is 0 Å². The van der Waals surface area contributed by atoms with E-state index < -0.39 is 23.9 Å². The predicted molar refractivity (Wildman–Crippen MR) is 95.1 cm³/mol. The first kappa shape index (κ1) is 20.9. The van der Waals surface area contributed by atoms with Gasteiger partial charge in [0.2, 0.25) is 0 Å². The second-order valence-electron chi connectivity index (χ2n) is 6.24. The van der Waals surface area contributed by atoms with E-state index in [0.29, 0.717) is 5.89 Å². The summed E-state index contributed by atoms with van der Waals surface area (Å²) in [5.74, 6) is -0.947. The molecule has 2 atom stereocenters. The highest BCUT2D eigenvalue weighted by Crippen LogP contribution is 2.22. The van der Waals surface area contributed by atoms with Gasteiger partial charge in [0, 0.05) is 18.9 Å². The fourth-order valence-corrected chi connectivity index (χ4v) is 2.86. The van der Waals surface area contributed by atoms with Crippen molar-refractivity contribution in [3.05, 3.63) is 17.8 Å². The maximum atomic E-state index is 12.5. The molecule has 0 aliphatic carbocycles. The predicted octanol–water partition coefficient (Wildman–Crippen LogP) is 1.15. The Morgan fingerprint density at radius 1 is 1.33 bits per heavy atom. The van der Waals surface area contributed by atoms with Crippen LogP contribution >= 0.6 is 0 Å². The molecule has 2 rings (SSSR count). The smallest absolute Gasteiger partial charge is 0.328 e. The lowest BCUT2D eigenvalue weighted by Gasteiger charge is -2.19. The lowest BCUT2D eigenvalue weighted by molar-refractivity contribution is -0.146. The normalized spacial score (nSPS) is 17.8. The van der Waals surface area contributed by atoms with Gasteiger partial charge in [-0.3, -0.25) is 9.59 Å².